The first-order valence-electron chi connectivity index (χ1n) is 5.07. The standard InChI is InChI=1S/C11H15NO3S/c1-3-10(11(13)14)16(15)7-9-6-4-5-8(2)12-9/h4-6,10H,3,7H2,1-2H3,(H,13,14). The van der Waals surface area contributed by atoms with Gasteiger partial charge in [-0.1, -0.05) is 13.0 Å². The monoisotopic (exact) mass is 241 g/mol. The lowest BCUT2D eigenvalue weighted by atomic mass is 10.3. The number of carboxylic acid groups (broad SMARTS) is 1. The van der Waals surface area contributed by atoms with Crippen LogP contribution in [0.25, 0.3) is 0 Å². The number of pyridine rings is 1. The van der Waals surface area contributed by atoms with Crippen LogP contribution in [0, 0.1) is 6.92 Å². The SMILES string of the molecule is CCC(C(=O)O)S(=O)Cc1cccc(C)n1. The van der Waals surface area contributed by atoms with E-state index in [-0.39, 0.29) is 5.75 Å². The summed E-state index contributed by atoms with van der Waals surface area (Å²) in [5.74, 6) is -0.805. The van der Waals surface area contributed by atoms with Gasteiger partial charge in [0.1, 0.15) is 5.25 Å². The average Bonchev–Trinajstić information content (AvgIpc) is 2.17. The van der Waals surface area contributed by atoms with Gasteiger partial charge in [-0.05, 0) is 25.5 Å². The first-order chi connectivity index (χ1) is 7.54. The highest BCUT2D eigenvalue weighted by atomic mass is 32.2. The fraction of sp³-hybridized carbons (Fsp3) is 0.455. The fourth-order valence-electron chi connectivity index (χ4n) is 1.40. The summed E-state index contributed by atoms with van der Waals surface area (Å²) in [6.45, 7) is 3.57. The molecule has 88 valence electrons. The lowest BCUT2D eigenvalue weighted by molar-refractivity contribution is -0.136. The van der Waals surface area contributed by atoms with Gasteiger partial charge in [-0.2, -0.15) is 0 Å². The Labute approximate surface area is 97.2 Å². The third-order valence-electron chi connectivity index (χ3n) is 2.20. The molecule has 4 nitrogen and oxygen atoms in total. The summed E-state index contributed by atoms with van der Waals surface area (Å²) in [4.78, 5) is 15.0. The predicted molar refractivity (Wildman–Crippen MR) is 62.5 cm³/mol. The molecule has 2 unspecified atom stereocenters. The van der Waals surface area contributed by atoms with Gasteiger partial charge in [0.2, 0.25) is 0 Å². The van der Waals surface area contributed by atoms with E-state index in [1.165, 1.54) is 0 Å². The highest BCUT2D eigenvalue weighted by molar-refractivity contribution is 7.85. The van der Waals surface area contributed by atoms with Gasteiger partial charge in [0, 0.05) is 16.5 Å². The first kappa shape index (κ1) is 12.8. The zero-order valence-electron chi connectivity index (χ0n) is 9.34. The van der Waals surface area contributed by atoms with Gasteiger partial charge < -0.3 is 5.11 Å². The van der Waals surface area contributed by atoms with Crippen LogP contribution in [-0.4, -0.2) is 25.5 Å². The zero-order chi connectivity index (χ0) is 12.1. The van der Waals surface area contributed by atoms with Crippen LogP contribution in [0.3, 0.4) is 0 Å². The maximum absolute atomic E-state index is 11.8. The Bertz CT molecular complexity index is 406. The second kappa shape index (κ2) is 5.75. The van der Waals surface area contributed by atoms with Gasteiger partial charge in [-0.15, -0.1) is 0 Å². The minimum atomic E-state index is -1.41. The predicted octanol–water partition coefficient (Wildman–Crippen LogP) is 1.50. The van der Waals surface area contributed by atoms with Crippen molar-refractivity contribution >= 4 is 16.8 Å². The van der Waals surface area contributed by atoms with Crippen molar-refractivity contribution in [1.82, 2.24) is 4.98 Å². The number of aliphatic carboxylic acids is 1. The Balaban J connectivity index is 2.74. The van der Waals surface area contributed by atoms with Crippen LogP contribution in [0.5, 0.6) is 0 Å². The van der Waals surface area contributed by atoms with Crippen molar-refractivity contribution in [3.63, 3.8) is 0 Å². The summed E-state index contributed by atoms with van der Waals surface area (Å²) in [5.41, 5.74) is 1.52. The third-order valence-corrected chi connectivity index (χ3v) is 3.95. The third kappa shape index (κ3) is 3.41. The van der Waals surface area contributed by atoms with Crippen LogP contribution in [0.4, 0.5) is 0 Å². The molecule has 0 fully saturated rings. The van der Waals surface area contributed by atoms with E-state index in [4.69, 9.17) is 5.11 Å². The summed E-state index contributed by atoms with van der Waals surface area (Å²) in [6.07, 6.45) is 0.369. The number of aromatic nitrogens is 1. The normalized spacial score (nSPS) is 14.4. The number of hydrogen-bond donors (Lipinski definition) is 1. The van der Waals surface area contributed by atoms with Gasteiger partial charge in [0.15, 0.2) is 0 Å². The van der Waals surface area contributed by atoms with Gasteiger partial charge in [-0.25, -0.2) is 0 Å². The van der Waals surface area contributed by atoms with Crippen molar-refractivity contribution in [2.75, 3.05) is 0 Å². The molecule has 1 rings (SSSR count). The van der Waals surface area contributed by atoms with E-state index in [1.54, 1.807) is 13.0 Å². The molecule has 0 aliphatic rings. The maximum Gasteiger partial charge on any atom is 0.319 e. The number of hydrogen-bond acceptors (Lipinski definition) is 3. The molecule has 1 aromatic rings. The van der Waals surface area contributed by atoms with Crippen LogP contribution in [0.1, 0.15) is 24.7 Å². The van der Waals surface area contributed by atoms with Crippen molar-refractivity contribution < 1.29 is 14.1 Å². The van der Waals surface area contributed by atoms with E-state index in [0.717, 1.165) is 5.69 Å². The molecule has 0 spiro atoms. The molecule has 16 heavy (non-hydrogen) atoms. The van der Waals surface area contributed by atoms with E-state index in [0.29, 0.717) is 12.1 Å². The highest BCUT2D eigenvalue weighted by Crippen LogP contribution is 2.09. The molecule has 0 aliphatic heterocycles. The molecule has 1 N–H and O–H groups in total. The molecule has 2 atom stereocenters. The average molecular weight is 241 g/mol. The van der Waals surface area contributed by atoms with Crippen LogP contribution < -0.4 is 0 Å². The second-order valence-electron chi connectivity index (χ2n) is 3.53. The van der Waals surface area contributed by atoms with Gasteiger partial charge in [-0.3, -0.25) is 14.0 Å². The Kier molecular flexibility index (Phi) is 4.61. The second-order valence-corrected chi connectivity index (χ2v) is 5.15. The summed E-state index contributed by atoms with van der Waals surface area (Å²) < 4.78 is 11.8. The Morgan fingerprint density at radius 3 is 2.75 bits per heavy atom. The smallest absolute Gasteiger partial charge is 0.319 e. The largest absolute Gasteiger partial charge is 0.480 e. The van der Waals surface area contributed by atoms with Crippen LogP contribution in [-0.2, 0) is 21.3 Å². The summed E-state index contributed by atoms with van der Waals surface area (Å²) >= 11 is 0. The molecule has 0 amide bonds. The first-order valence-corrected chi connectivity index (χ1v) is 6.45. The van der Waals surface area contributed by atoms with Gasteiger partial charge in [0.05, 0.1) is 11.4 Å². The number of nitrogens with zero attached hydrogens (tertiary/aromatic N) is 1. The molecular formula is C11H15NO3S. The van der Waals surface area contributed by atoms with E-state index < -0.39 is 22.0 Å². The van der Waals surface area contributed by atoms with Gasteiger partial charge >= 0.3 is 5.97 Å². The molecule has 0 bridgehead atoms. The van der Waals surface area contributed by atoms with Crippen molar-refractivity contribution in [1.29, 1.82) is 0 Å². The molecule has 0 radical (unpaired) electrons. The molecule has 0 saturated carbocycles. The van der Waals surface area contributed by atoms with Crippen molar-refractivity contribution in [3.8, 4) is 0 Å². The molecular weight excluding hydrogens is 226 g/mol. The number of carboxylic acids is 1. The highest BCUT2D eigenvalue weighted by Gasteiger charge is 2.22. The quantitative estimate of drug-likeness (QED) is 0.848. The van der Waals surface area contributed by atoms with Crippen LogP contribution in [0.15, 0.2) is 18.2 Å². The molecule has 5 heteroatoms. The Morgan fingerprint density at radius 1 is 1.56 bits per heavy atom. The summed E-state index contributed by atoms with van der Waals surface area (Å²) in [6, 6.07) is 5.44. The minimum absolute atomic E-state index is 0.201. The van der Waals surface area contributed by atoms with E-state index in [9.17, 15) is 9.00 Å². The van der Waals surface area contributed by atoms with Crippen LogP contribution >= 0.6 is 0 Å². The van der Waals surface area contributed by atoms with E-state index in [1.807, 2.05) is 19.1 Å². The van der Waals surface area contributed by atoms with Crippen molar-refractivity contribution in [3.05, 3.63) is 29.6 Å². The molecule has 0 aliphatic carbocycles. The molecule has 0 aromatic carbocycles. The lowest BCUT2D eigenvalue weighted by Gasteiger charge is -2.09. The van der Waals surface area contributed by atoms with Gasteiger partial charge in [0.25, 0.3) is 0 Å². The van der Waals surface area contributed by atoms with Crippen molar-refractivity contribution in [2.24, 2.45) is 0 Å². The van der Waals surface area contributed by atoms with E-state index in [2.05, 4.69) is 4.98 Å². The minimum Gasteiger partial charge on any atom is -0.480 e. The zero-order valence-corrected chi connectivity index (χ0v) is 10.2. The van der Waals surface area contributed by atoms with Crippen LogP contribution in [0.2, 0.25) is 0 Å². The summed E-state index contributed by atoms with van der Waals surface area (Å²) in [5, 5.41) is 8.06. The maximum atomic E-state index is 11.8. The fourth-order valence-corrected chi connectivity index (χ4v) is 2.65. The molecule has 1 heterocycles. The topological polar surface area (TPSA) is 67.3 Å². The summed E-state index contributed by atoms with van der Waals surface area (Å²) in [7, 11) is -1.41. The number of aryl methyl sites for hydroxylation is 1. The Morgan fingerprint density at radius 2 is 2.25 bits per heavy atom. The Hall–Kier alpha value is -1.23. The molecule has 1 aromatic heterocycles. The number of carbonyl (C=O) groups is 1. The van der Waals surface area contributed by atoms with Crippen molar-refractivity contribution in [2.45, 2.75) is 31.3 Å². The number of rotatable bonds is 5. The van der Waals surface area contributed by atoms with E-state index >= 15 is 0 Å². The lowest BCUT2D eigenvalue weighted by Crippen LogP contribution is -2.25. The molecule has 0 saturated heterocycles.